The highest BCUT2D eigenvalue weighted by Crippen LogP contribution is 2.48. The molecule has 0 aliphatic heterocycles. The van der Waals surface area contributed by atoms with E-state index in [9.17, 15) is 0 Å². The smallest absolute Gasteiger partial charge is 0.0130 e. The summed E-state index contributed by atoms with van der Waals surface area (Å²) in [4.78, 5) is 0. The normalized spacial score (nSPS) is 22.0. The van der Waals surface area contributed by atoms with Crippen molar-refractivity contribution < 1.29 is 0 Å². The molecule has 1 aliphatic rings. The van der Waals surface area contributed by atoms with Crippen molar-refractivity contribution in [3.63, 3.8) is 0 Å². The molecule has 0 heterocycles. The lowest BCUT2D eigenvalue weighted by Gasteiger charge is -2.23. The number of halogens is 2. The topological polar surface area (TPSA) is 0 Å². The molecule has 0 saturated heterocycles. The Morgan fingerprint density at radius 1 is 1.33 bits per heavy atom. The van der Waals surface area contributed by atoms with Gasteiger partial charge in [-0.3, -0.25) is 0 Å². The fourth-order valence-corrected chi connectivity index (χ4v) is 3.20. The highest BCUT2D eigenvalue weighted by Gasteiger charge is 2.34. The standard InChI is InChI=1S/C16H18I2/c1-5-7-14(18)11-13-10-12(6-2)15(8-9-17)16(13,3)4/h5-9,11H,1-2,10H2,3-4H3/b9-8+,13-11+,14-7+. The fourth-order valence-electron chi connectivity index (χ4n) is 2.21. The van der Waals surface area contributed by atoms with Gasteiger partial charge >= 0.3 is 0 Å². The van der Waals surface area contributed by atoms with E-state index < -0.39 is 0 Å². The van der Waals surface area contributed by atoms with Crippen LogP contribution in [0.4, 0.5) is 0 Å². The van der Waals surface area contributed by atoms with Crippen molar-refractivity contribution in [2.45, 2.75) is 20.3 Å². The largest absolute Gasteiger partial charge is 0.0990 e. The zero-order valence-electron chi connectivity index (χ0n) is 10.8. The second-order valence-electron chi connectivity index (χ2n) is 4.69. The van der Waals surface area contributed by atoms with Gasteiger partial charge in [-0.1, -0.05) is 73.4 Å². The quantitative estimate of drug-likeness (QED) is 0.340. The number of hydrogen-bond donors (Lipinski definition) is 0. The fraction of sp³-hybridized carbons (Fsp3) is 0.250. The van der Waals surface area contributed by atoms with Crippen LogP contribution < -0.4 is 0 Å². The van der Waals surface area contributed by atoms with E-state index in [2.05, 4.69) is 88.4 Å². The molecule has 0 aromatic carbocycles. The van der Waals surface area contributed by atoms with E-state index in [4.69, 9.17) is 0 Å². The Morgan fingerprint density at radius 2 is 2.00 bits per heavy atom. The maximum absolute atomic E-state index is 3.94. The Labute approximate surface area is 138 Å². The average molecular weight is 464 g/mol. The molecule has 0 aromatic heterocycles. The molecule has 2 heteroatoms. The molecule has 0 atom stereocenters. The second kappa shape index (κ2) is 6.89. The lowest BCUT2D eigenvalue weighted by Crippen LogP contribution is -2.11. The van der Waals surface area contributed by atoms with Crippen LogP contribution in [0.3, 0.4) is 0 Å². The minimum Gasteiger partial charge on any atom is -0.0990 e. The summed E-state index contributed by atoms with van der Waals surface area (Å²) in [5.41, 5.74) is 4.23. The summed E-state index contributed by atoms with van der Waals surface area (Å²) >= 11 is 4.62. The van der Waals surface area contributed by atoms with Gasteiger partial charge in [-0.25, -0.2) is 0 Å². The predicted molar refractivity (Wildman–Crippen MR) is 99.2 cm³/mol. The first-order chi connectivity index (χ1) is 8.47. The Hall–Kier alpha value is -0.100. The van der Waals surface area contributed by atoms with E-state index >= 15 is 0 Å². The maximum atomic E-state index is 3.94. The van der Waals surface area contributed by atoms with Gasteiger partial charge in [0.25, 0.3) is 0 Å². The van der Waals surface area contributed by atoms with Crippen molar-refractivity contribution in [2.75, 3.05) is 0 Å². The van der Waals surface area contributed by atoms with Gasteiger partial charge in [0.15, 0.2) is 0 Å². The van der Waals surface area contributed by atoms with E-state index in [0.29, 0.717) is 0 Å². The molecule has 0 bridgehead atoms. The molecule has 0 fully saturated rings. The lowest BCUT2D eigenvalue weighted by atomic mass is 9.81. The van der Waals surface area contributed by atoms with Crippen LogP contribution in [0.2, 0.25) is 0 Å². The molecule has 0 radical (unpaired) electrons. The van der Waals surface area contributed by atoms with E-state index in [1.54, 1.807) is 0 Å². The molecule has 0 unspecified atom stereocenters. The third-order valence-electron chi connectivity index (χ3n) is 3.27. The van der Waals surface area contributed by atoms with Crippen molar-refractivity contribution in [2.24, 2.45) is 5.41 Å². The summed E-state index contributed by atoms with van der Waals surface area (Å²) in [6, 6.07) is 0. The van der Waals surface area contributed by atoms with Crippen LogP contribution in [-0.2, 0) is 0 Å². The summed E-state index contributed by atoms with van der Waals surface area (Å²) in [6.45, 7) is 12.2. The summed E-state index contributed by atoms with van der Waals surface area (Å²) in [5, 5.41) is 0. The Kier molecular flexibility index (Phi) is 6.11. The van der Waals surface area contributed by atoms with Crippen LogP contribution in [0.15, 0.2) is 67.9 Å². The highest BCUT2D eigenvalue weighted by atomic mass is 127. The van der Waals surface area contributed by atoms with E-state index in [1.807, 2.05) is 18.2 Å². The summed E-state index contributed by atoms with van der Waals surface area (Å²) in [7, 11) is 0. The third-order valence-corrected chi connectivity index (χ3v) is 4.30. The zero-order valence-corrected chi connectivity index (χ0v) is 15.2. The summed E-state index contributed by atoms with van der Waals surface area (Å²) in [5.74, 6) is 0. The predicted octanol–water partition coefficient (Wildman–Crippen LogP) is 6.28. The molecule has 0 N–H and O–H groups in total. The van der Waals surface area contributed by atoms with Crippen LogP contribution in [-0.4, -0.2) is 0 Å². The molecule has 18 heavy (non-hydrogen) atoms. The van der Waals surface area contributed by atoms with Crippen LogP contribution in [0.5, 0.6) is 0 Å². The minimum absolute atomic E-state index is 0.0800. The van der Waals surface area contributed by atoms with Crippen LogP contribution in [0, 0.1) is 5.41 Å². The molecule has 1 rings (SSSR count). The maximum Gasteiger partial charge on any atom is 0.0130 e. The first-order valence-electron chi connectivity index (χ1n) is 5.79. The molecule has 96 valence electrons. The van der Waals surface area contributed by atoms with Gasteiger partial charge in [-0.15, -0.1) is 0 Å². The number of allylic oxidation sites excluding steroid dienone is 9. The van der Waals surface area contributed by atoms with Crippen molar-refractivity contribution in [1.82, 2.24) is 0 Å². The molecule has 0 amide bonds. The van der Waals surface area contributed by atoms with Crippen LogP contribution >= 0.6 is 45.2 Å². The average Bonchev–Trinajstić information content (AvgIpc) is 2.53. The molecule has 0 aromatic rings. The van der Waals surface area contributed by atoms with Crippen molar-refractivity contribution in [1.29, 1.82) is 0 Å². The first kappa shape index (κ1) is 16.0. The monoisotopic (exact) mass is 464 g/mol. The summed E-state index contributed by atoms with van der Waals surface area (Å²) in [6.07, 6.45) is 11.3. The van der Waals surface area contributed by atoms with Crippen molar-refractivity contribution >= 4 is 45.2 Å². The molecule has 0 saturated carbocycles. The molecular formula is C16H18I2. The van der Waals surface area contributed by atoms with Gasteiger partial charge in [-0.05, 0) is 56.4 Å². The van der Waals surface area contributed by atoms with Gasteiger partial charge in [0, 0.05) is 8.99 Å². The Morgan fingerprint density at radius 3 is 2.50 bits per heavy atom. The Balaban J connectivity index is 3.22. The Bertz CT molecular complexity index is 471. The van der Waals surface area contributed by atoms with Crippen LogP contribution in [0.1, 0.15) is 20.3 Å². The van der Waals surface area contributed by atoms with Crippen molar-refractivity contribution in [3.05, 3.63) is 67.9 Å². The van der Waals surface area contributed by atoms with E-state index in [0.717, 1.165) is 6.42 Å². The molecular weight excluding hydrogens is 446 g/mol. The summed E-state index contributed by atoms with van der Waals surface area (Å²) < 4.78 is 3.29. The minimum atomic E-state index is 0.0800. The lowest BCUT2D eigenvalue weighted by molar-refractivity contribution is 0.567. The molecule has 0 nitrogen and oxygen atoms in total. The van der Waals surface area contributed by atoms with E-state index in [-0.39, 0.29) is 5.41 Å². The zero-order chi connectivity index (χ0) is 13.8. The molecule has 1 aliphatic carbocycles. The van der Waals surface area contributed by atoms with E-state index in [1.165, 1.54) is 20.3 Å². The third kappa shape index (κ3) is 3.47. The van der Waals surface area contributed by atoms with Crippen LogP contribution in [0.25, 0.3) is 0 Å². The van der Waals surface area contributed by atoms with Gasteiger partial charge in [0.2, 0.25) is 0 Å². The highest BCUT2D eigenvalue weighted by molar-refractivity contribution is 14.1. The van der Waals surface area contributed by atoms with Gasteiger partial charge in [0.05, 0.1) is 0 Å². The van der Waals surface area contributed by atoms with Gasteiger partial charge in [-0.2, -0.15) is 0 Å². The number of hydrogen-bond acceptors (Lipinski definition) is 0. The van der Waals surface area contributed by atoms with Gasteiger partial charge < -0.3 is 0 Å². The molecule has 0 spiro atoms. The SMILES string of the molecule is C=C/C=C(I)\C=C1/CC(C=C)=C(/C=C/I)C1(C)C. The first-order valence-corrected chi connectivity index (χ1v) is 8.12. The second-order valence-corrected chi connectivity index (χ2v) is 6.66. The van der Waals surface area contributed by atoms with Crippen molar-refractivity contribution in [3.8, 4) is 0 Å². The number of rotatable bonds is 4. The van der Waals surface area contributed by atoms with Gasteiger partial charge in [0.1, 0.15) is 0 Å².